The molecular weight excluding hydrogens is 285 g/mol. The van der Waals surface area contributed by atoms with Crippen molar-refractivity contribution in [2.45, 2.75) is 12.8 Å². The van der Waals surface area contributed by atoms with Crippen LogP contribution in [0.5, 0.6) is 0 Å². The third-order valence-corrected chi connectivity index (χ3v) is 3.31. The lowest BCUT2D eigenvalue weighted by molar-refractivity contribution is -0.126. The Hall–Kier alpha value is -1.66. The van der Waals surface area contributed by atoms with Crippen molar-refractivity contribution in [1.82, 2.24) is 10.3 Å². The van der Waals surface area contributed by atoms with Crippen molar-refractivity contribution in [2.75, 3.05) is 13.1 Å². The number of nitrogens with two attached hydrogens (primary N) is 1. The van der Waals surface area contributed by atoms with E-state index in [0.717, 1.165) is 12.8 Å². The van der Waals surface area contributed by atoms with Gasteiger partial charge in [-0.2, -0.15) is 0 Å². The maximum atomic E-state index is 12.8. The molecule has 1 aromatic rings. The average molecular weight is 302 g/mol. The Balaban J connectivity index is 0.00000200. The van der Waals surface area contributed by atoms with Crippen molar-refractivity contribution in [3.05, 3.63) is 35.6 Å². The zero-order valence-corrected chi connectivity index (χ0v) is 11.7. The number of nitrogens with zero attached hydrogens (tertiary/aromatic N) is 1. The summed E-state index contributed by atoms with van der Waals surface area (Å²) in [7, 11) is 0. The number of piperidine rings is 1. The van der Waals surface area contributed by atoms with Gasteiger partial charge >= 0.3 is 0 Å². The Morgan fingerprint density at radius 3 is 2.55 bits per heavy atom. The maximum absolute atomic E-state index is 12.8. The Morgan fingerprint density at radius 2 is 1.95 bits per heavy atom. The number of nitrogens with one attached hydrogen (secondary N) is 1. The molecule has 5 nitrogen and oxygen atoms in total. The van der Waals surface area contributed by atoms with Crippen LogP contribution in [-0.4, -0.2) is 29.8 Å². The maximum Gasteiger partial charge on any atom is 0.253 e. The van der Waals surface area contributed by atoms with Gasteiger partial charge < -0.3 is 4.90 Å². The first-order valence-corrected chi connectivity index (χ1v) is 6.17. The molecule has 2 amide bonds. The second kappa shape index (κ2) is 7.21. The average Bonchev–Trinajstić information content (AvgIpc) is 2.46. The highest BCUT2D eigenvalue weighted by atomic mass is 35.5. The second-order valence-corrected chi connectivity index (χ2v) is 4.61. The molecule has 1 fully saturated rings. The van der Waals surface area contributed by atoms with Gasteiger partial charge in [-0.05, 0) is 37.1 Å². The molecule has 3 N–H and O–H groups in total. The van der Waals surface area contributed by atoms with Gasteiger partial charge in [0, 0.05) is 18.7 Å². The van der Waals surface area contributed by atoms with Crippen LogP contribution in [0.4, 0.5) is 4.39 Å². The Labute approximate surface area is 122 Å². The number of amides is 2. The number of halogens is 2. The zero-order valence-electron chi connectivity index (χ0n) is 10.8. The highest BCUT2D eigenvalue weighted by molar-refractivity contribution is 5.94. The van der Waals surface area contributed by atoms with Crippen LogP contribution in [0, 0.1) is 11.7 Å². The van der Waals surface area contributed by atoms with E-state index in [-0.39, 0.29) is 36.0 Å². The van der Waals surface area contributed by atoms with Gasteiger partial charge in [0.05, 0.1) is 5.92 Å². The number of benzene rings is 1. The normalized spacial score (nSPS) is 18.1. The van der Waals surface area contributed by atoms with E-state index < -0.39 is 0 Å². The van der Waals surface area contributed by atoms with E-state index >= 15 is 0 Å². The Bertz CT molecular complexity index is 481. The third-order valence-electron chi connectivity index (χ3n) is 3.31. The molecule has 1 saturated heterocycles. The molecule has 7 heteroatoms. The first kappa shape index (κ1) is 16.4. The van der Waals surface area contributed by atoms with Gasteiger partial charge in [-0.3, -0.25) is 15.0 Å². The van der Waals surface area contributed by atoms with Gasteiger partial charge in [0.1, 0.15) is 5.82 Å². The third kappa shape index (κ3) is 3.68. The first-order chi connectivity index (χ1) is 9.11. The molecule has 1 aromatic carbocycles. The van der Waals surface area contributed by atoms with Crippen LogP contribution in [-0.2, 0) is 4.79 Å². The highest BCUT2D eigenvalue weighted by Gasteiger charge is 2.28. The van der Waals surface area contributed by atoms with Crippen LogP contribution in [0.1, 0.15) is 23.2 Å². The molecule has 0 radical (unpaired) electrons. The second-order valence-electron chi connectivity index (χ2n) is 4.61. The molecule has 1 heterocycles. The Morgan fingerprint density at radius 1 is 1.30 bits per heavy atom. The number of rotatable bonds is 2. The molecule has 0 bridgehead atoms. The van der Waals surface area contributed by atoms with E-state index in [1.165, 1.54) is 24.3 Å². The summed E-state index contributed by atoms with van der Waals surface area (Å²) in [4.78, 5) is 25.3. The summed E-state index contributed by atoms with van der Waals surface area (Å²) in [6.45, 7) is 0.948. The summed E-state index contributed by atoms with van der Waals surface area (Å²) in [5, 5.41) is 0. The van der Waals surface area contributed by atoms with Gasteiger partial charge in [0.25, 0.3) is 5.91 Å². The van der Waals surface area contributed by atoms with Crippen molar-refractivity contribution >= 4 is 24.2 Å². The molecule has 1 atom stereocenters. The van der Waals surface area contributed by atoms with E-state index in [9.17, 15) is 14.0 Å². The number of likely N-dealkylation sites (tertiary alicyclic amines) is 1. The Kier molecular flexibility index (Phi) is 5.91. The van der Waals surface area contributed by atoms with Crippen LogP contribution >= 0.6 is 12.4 Å². The van der Waals surface area contributed by atoms with Gasteiger partial charge in [-0.1, -0.05) is 0 Å². The fraction of sp³-hybridized carbons (Fsp3) is 0.385. The van der Waals surface area contributed by atoms with Crippen molar-refractivity contribution < 1.29 is 14.0 Å². The van der Waals surface area contributed by atoms with Crippen LogP contribution in [0.25, 0.3) is 0 Å². The van der Waals surface area contributed by atoms with Crippen LogP contribution in [0.2, 0.25) is 0 Å². The number of hydrogen-bond donors (Lipinski definition) is 2. The van der Waals surface area contributed by atoms with Crippen molar-refractivity contribution in [3.63, 3.8) is 0 Å². The van der Waals surface area contributed by atoms with Crippen molar-refractivity contribution in [3.8, 4) is 0 Å². The van der Waals surface area contributed by atoms with E-state index in [0.29, 0.717) is 18.7 Å². The van der Waals surface area contributed by atoms with Crippen molar-refractivity contribution in [2.24, 2.45) is 11.8 Å². The highest BCUT2D eigenvalue weighted by Crippen LogP contribution is 2.18. The molecule has 0 spiro atoms. The summed E-state index contributed by atoms with van der Waals surface area (Å²) in [6.07, 6.45) is 1.47. The van der Waals surface area contributed by atoms with Gasteiger partial charge in [0.2, 0.25) is 5.91 Å². The minimum Gasteiger partial charge on any atom is -0.338 e. The minimum atomic E-state index is -0.379. The lowest BCUT2D eigenvalue weighted by Crippen LogP contribution is -2.46. The molecular formula is C13H17ClFN3O2. The number of carbonyl (C=O) groups excluding carboxylic acids is 2. The first-order valence-electron chi connectivity index (χ1n) is 6.17. The monoisotopic (exact) mass is 301 g/mol. The predicted molar refractivity (Wildman–Crippen MR) is 74.6 cm³/mol. The van der Waals surface area contributed by atoms with Crippen LogP contribution < -0.4 is 11.3 Å². The lowest BCUT2D eigenvalue weighted by atomic mass is 9.97. The lowest BCUT2D eigenvalue weighted by Gasteiger charge is -2.31. The van der Waals surface area contributed by atoms with E-state index in [1.807, 2.05) is 0 Å². The number of hydrogen-bond acceptors (Lipinski definition) is 3. The minimum absolute atomic E-state index is 0. The van der Waals surface area contributed by atoms with E-state index in [1.54, 1.807) is 4.90 Å². The predicted octanol–water partition coefficient (Wildman–Crippen LogP) is 1.09. The van der Waals surface area contributed by atoms with Gasteiger partial charge in [-0.15, -0.1) is 12.4 Å². The van der Waals surface area contributed by atoms with E-state index in [4.69, 9.17) is 5.84 Å². The molecule has 1 aliphatic heterocycles. The molecule has 20 heavy (non-hydrogen) atoms. The zero-order chi connectivity index (χ0) is 13.8. The summed E-state index contributed by atoms with van der Waals surface area (Å²) < 4.78 is 12.8. The van der Waals surface area contributed by atoms with Crippen molar-refractivity contribution in [1.29, 1.82) is 0 Å². The number of hydrazine groups is 1. The van der Waals surface area contributed by atoms with Gasteiger partial charge in [0.15, 0.2) is 0 Å². The molecule has 0 saturated carbocycles. The fourth-order valence-electron chi connectivity index (χ4n) is 2.27. The summed E-state index contributed by atoms with van der Waals surface area (Å²) >= 11 is 0. The van der Waals surface area contributed by atoms with Gasteiger partial charge in [-0.25, -0.2) is 10.2 Å². The molecule has 0 aromatic heterocycles. The summed E-state index contributed by atoms with van der Waals surface area (Å²) in [5.74, 6) is 4.01. The summed E-state index contributed by atoms with van der Waals surface area (Å²) in [6, 6.07) is 5.40. The topological polar surface area (TPSA) is 75.4 Å². The van der Waals surface area contributed by atoms with E-state index in [2.05, 4.69) is 5.43 Å². The fourth-order valence-corrected chi connectivity index (χ4v) is 2.27. The molecule has 1 unspecified atom stereocenters. The standard InChI is InChI=1S/C13H16FN3O2.ClH/c14-11-5-3-9(4-6-11)13(19)17-7-1-2-10(8-17)12(18)16-15;/h3-6,10H,1-2,7-8,15H2,(H,16,18);1H. The smallest absolute Gasteiger partial charge is 0.253 e. The quantitative estimate of drug-likeness (QED) is 0.488. The molecule has 110 valence electrons. The van der Waals surface area contributed by atoms with Crippen LogP contribution in [0.15, 0.2) is 24.3 Å². The molecule has 0 aliphatic carbocycles. The molecule has 2 rings (SSSR count). The van der Waals surface area contributed by atoms with Crippen LogP contribution in [0.3, 0.4) is 0 Å². The number of carbonyl (C=O) groups is 2. The largest absolute Gasteiger partial charge is 0.338 e. The molecule has 1 aliphatic rings. The SMILES string of the molecule is Cl.NNC(=O)C1CCCN(C(=O)c2ccc(F)cc2)C1. The summed E-state index contributed by atoms with van der Waals surface area (Å²) in [5.41, 5.74) is 2.54.